The maximum absolute atomic E-state index is 6.30. The van der Waals surface area contributed by atoms with Gasteiger partial charge in [0, 0.05) is 28.7 Å². The molecule has 4 aromatic rings. The SMILES string of the molecule is C[C@H](NCc1c(OCc2ccccc2Cl)ccc2ccccc12)c1ccccc1. The molecule has 0 aliphatic rings. The van der Waals surface area contributed by atoms with Gasteiger partial charge in [-0.3, -0.25) is 0 Å². The van der Waals surface area contributed by atoms with Gasteiger partial charge >= 0.3 is 0 Å². The lowest BCUT2D eigenvalue weighted by molar-refractivity contribution is 0.302. The minimum atomic E-state index is 0.242. The zero-order chi connectivity index (χ0) is 20.1. The van der Waals surface area contributed by atoms with Crippen LogP contribution in [-0.2, 0) is 13.2 Å². The number of halogens is 1. The van der Waals surface area contributed by atoms with Gasteiger partial charge in [0.2, 0.25) is 0 Å². The van der Waals surface area contributed by atoms with Crippen molar-refractivity contribution >= 4 is 22.4 Å². The van der Waals surface area contributed by atoms with Crippen molar-refractivity contribution in [1.29, 1.82) is 0 Å². The van der Waals surface area contributed by atoms with Crippen LogP contribution in [-0.4, -0.2) is 0 Å². The van der Waals surface area contributed by atoms with Crippen molar-refractivity contribution in [2.45, 2.75) is 26.1 Å². The Labute approximate surface area is 177 Å². The number of rotatable bonds is 7. The Morgan fingerprint density at radius 3 is 2.38 bits per heavy atom. The highest BCUT2D eigenvalue weighted by atomic mass is 35.5. The smallest absolute Gasteiger partial charge is 0.124 e. The lowest BCUT2D eigenvalue weighted by Crippen LogP contribution is -2.18. The summed E-state index contributed by atoms with van der Waals surface area (Å²) in [6.07, 6.45) is 0. The van der Waals surface area contributed by atoms with Crippen LogP contribution < -0.4 is 10.1 Å². The molecule has 0 heterocycles. The van der Waals surface area contributed by atoms with Crippen LogP contribution in [0.2, 0.25) is 5.02 Å². The van der Waals surface area contributed by atoms with Crippen LogP contribution in [0, 0.1) is 0 Å². The quantitative estimate of drug-likeness (QED) is 0.362. The van der Waals surface area contributed by atoms with Crippen molar-refractivity contribution in [1.82, 2.24) is 5.32 Å². The van der Waals surface area contributed by atoms with Gasteiger partial charge in [0.05, 0.1) is 0 Å². The first-order valence-electron chi connectivity index (χ1n) is 9.87. The number of benzene rings is 4. The van der Waals surface area contributed by atoms with Crippen LogP contribution in [0.5, 0.6) is 5.75 Å². The molecule has 0 bridgehead atoms. The lowest BCUT2D eigenvalue weighted by Gasteiger charge is -2.19. The second kappa shape index (κ2) is 9.13. The highest BCUT2D eigenvalue weighted by molar-refractivity contribution is 6.31. The molecule has 0 spiro atoms. The number of ether oxygens (including phenoxy) is 1. The summed E-state index contributed by atoms with van der Waals surface area (Å²) in [5, 5.41) is 6.79. The highest BCUT2D eigenvalue weighted by Gasteiger charge is 2.12. The van der Waals surface area contributed by atoms with Crippen LogP contribution in [0.3, 0.4) is 0 Å². The maximum atomic E-state index is 6.30. The van der Waals surface area contributed by atoms with Crippen molar-refractivity contribution in [3.05, 3.63) is 113 Å². The Morgan fingerprint density at radius 2 is 1.55 bits per heavy atom. The first-order chi connectivity index (χ1) is 14.2. The molecule has 1 atom stereocenters. The fourth-order valence-corrected chi connectivity index (χ4v) is 3.71. The highest BCUT2D eigenvalue weighted by Crippen LogP contribution is 2.30. The summed E-state index contributed by atoms with van der Waals surface area (Å²) in [6, 6.07) is 31.1. The molecule has 4 aromatic carbocycles. The Bertz CT molecular complexity index is 1090. The van der Waals surface area contributed by atoms with E-state index in [1.165, 1.54) is 16.3 Å². The molecular formula is C26H24ClNO. The molecule has 29 heavy (non-hydrogen) atoms. The summed E-state index contributed by atoms with van der Waals surface area (Å²) < 4.78 is 6.23. The summed E-state index contributed by atoms with van der Waals surface area (Å²) in [5.41, 5.74) is 3.42. The Hall–Kier alpha value is -2.81. The number of hydrogen-bond acceptors (Lipinski definition) is 2. The molecule has 0 unspecified atom stereocenters. The standard InChI is InChI=1S/C26H24ClNO/c1-19(20-9-3-2-4-10-20)28-17-24-23-13-7-5-11-21(23)15-16-26(24)29-18-22-12-6-8-14-25(22)27/h2-16,19,28H,17-18H2,1H3/t19-/m0/s1. The molecule has 146 valence electrons. The maximum Gasteiger partial charge on any atom is 0.124 e. The third-order valence-corrected chi connectivity index (χ3v) is 5.59. The largest absolute Gasteiger partial charge is 0.488 e. The van der Waals surface area contributed by atoms with Crippen molar-refractivity contribution in [2.75, 3.05) is 0 Å². The minimum absolute atomic E-state index is 0.242. The van der Waals surface area contributed by atoms with E-state index in [9.17, 15) is 0 Å². The third kappa shape index (κ3) is 4.61. The molecule has 0 amide bonds. The van der Waals surface area contributed by atoms with E-state index in [4.69, 9.17) is 16.3 Å². The molecule has 2 nitrogen and oxygen atoms in total. The van der Waals surface area contributed by atoms with Gasteiger partial charge in [0.25, 0.3) is 0 Å². The predicted molar refractivity (Wildman–Crippen MR) is 121 cm³/mol. The first-order valence-corrected chi connectivity index (χ1v) is 10.3. The molecule has 0 radical (unpaired) electrons. The van der Waals surface area contributed by atoms with Gasteiger partial charge in [-0.05, 0) is 35.4 Å². The molecule has 0 aromatic heterocycles. The van der Waals surface area contributed by atoms with E-state index >= 15 is 0 Å². The van der Waals surface area contributed by atoms with Gasteiger partial charge in [-0.1, -0.05) is 90.5 Å². The summed E-state index contributed by atoms with van der Waals surface area (Å²) in [4.78, 5) is 0. The molecule has 3 heteroatoms. The first kappa shape index (κ1) is 19.5. The van der Waals surface area contributed by atoms with E-state index in [-0.39, 0.29) is 6.04 Å². The summed E-state index contributed by atoms with van der Waals surface area (Å²) >= 11 is 6.30. The molecule has 0 saturated carbocycles. The summed E-state index contributed by atoms with van der Waals surface area (Å²) in [7, 11) is 0. The molecule has 0 aliphatic heterocycles. The van der Waals surface area contributed by atoms with Gasteiger partial charge in [0.15, 0.2) is 0 Å². The van der Waals surface area contributed by atoms with E-state index < -0.39 is 0 Å². The topological polar surface area (TPSA) is 21.3 Å². The van der Waals surface area contributed by atoms with Gasteiger partial charge < -0.3 is 10.1 Å². The molecule has 0 fully saturated rings. The Morgan fingerprint density at radius 1 is 0.828 bits per heavy atom. The second-order valence-electron chi connectivity index (χ2n) is 7.16. The average Bonchev–Trinajstić information content (AvgIpc) is 2.77. The number of fused-ring (bicyclic) bond motifs is 1. The monoisotopic (exact) mass is 401 g/mol. The van der Waals surface area contributed by atoms with E-state index in [0.29, 0.717) is 6.61 Å². The van der Waals surface area contributed by atoms with Crippen molar-refractivity contribution in [3.63, 3.8) is 0 Å². The van der Waals surface area contributed by atoms with Crippen molar-refractivity contribution in [3.8, 4) is 5.75 Å². The Kier molecular flexibility index (Phi) is 6.14. The zero-order valence-corrected chi connectivity index (χ0v) is 17.2. The Balaban J connectivity index is 1.59. The second-order valence-corrected chi connectivity index (χ2v) is 7.56. The van der Waals surface area contributed by atoms with Crippen LogP contribution in [0.1, 0.15) is 29.7 Å². The summed E-state index contributed by atoms with van der Waals surface area (Å²) in [6.45, 7) is 3.35. The van der Waals surface area contributed by atoms with Gasteiger partial charge in [-0.25, -0.2) is 0 Å². The third-order valence-electron chi connectivity index (χ3n) is 5.22. The van der Waals surface area contributed by atoms with Crippen LogP contribution >= 0.6 is 11.6 Å². The number of nitrogens with one attached hydrogen (secondary N) is 1. The minimum Gasteiger partial charge on any atom is -0.488 e. The van der Waals surface area contributed by atoms with E-state index in [2.05, 4.69) is 72.9 Å². The van der Waals surface area contributed by atoms with Crippen LogP contribution in [0.4, 0.5) is 0 Å². The van der Waals surface area contributed by atoms with E-state index in [1.54, 1.807) is 0 Å². The van der Waals surface area contributed by atoms with Gasteiger partial charge in [0.1, 0.15) is 12.4 Å². The molecule has 4 rings (SSSR count). The lowest BCUT2D eigenvalue weighted by atomic mass is 10.0. The summed E-state index contributed by atoms with van der Waals surface area (Å²) in [5.74, 6) is 0.886. The van der Waals surface area contributed by atoms with Crippen molar-refractivity contribution < 1.29 is 4.74 Å². The van der Waals surface area contributed by atoms with E-state index in [1.807, 2.05) is 30.3 Å². The van der Waals surface area contributed by atoms with Gasteiger partial charge in [-0.2, -0.15) is 0 Å². The van der Waals surface area contributed by atoms with Gasteiger partial charge in [-0.15, -0.1) is 0 Å². The normalized spacial score (nSPS) is 12.1. The molecule has 0 saturated heterocycles. The molecular weight excluding hydrogens is 378 g/mol. The predicted octanol–water partition coefficient (Wildman–Crippen LogP) is 6.92. The van der Waals surface area contributed by atoms with Crippen LogP contribution in [0.15, 0.2) is 91.0 Å². The average molecular weight is 402 g/mol. The van der Waals surface area contributed by atoms with Crippen LogP contribution in [0.25, 0.3) is 10.8 Å². The fourth-order valence-electron chi connectivity index (χ4n) is 3.52. The zero-order valence-electron chi connectivity index (χ0n) is 16.4. The number of hydrogen-bond donors (Lipinski definition) is 1. The fraction of sp³-hybridized carbons (Fsp3) is 0.154. The molecule has 1 N–H and O–H groups in total. The molecule has 0 aliphatic carbocycles. The van der Waals surface area contributed by atoms with Crippen molar-refractivity contribution in [2.24, 2.45) is 0 Å². The van der Waals surface area contributed by atoms with E-state index in [0.717, 1.165) is 28.4 Å².